The van der Waals surface area contributed by atoms with E-state index in [0.717, 1.165) is 17.4 Å². The van der Waals surface area contributed by atoms with Crippen molar-refractivity contribution in [1.29, 1.82) is 0 Å². The zero-order chi connectivity index (χ0) is 17.8. The minimum atomic E-state index is -3.66. The van der Waals surface area contributed by atoms with Crippen LogP contribution < -0.4 is 17.1 Å². The molecule has 0 radical (unpaired) electrons. The summed E-state index contributed by atoms with van der Waals surface area (Å²) in [7, 11) is -4.38. The Morgan fingerprint density at radius 1 is 1.04 bits per heavy atom. The average molecular weight is 413 g/mol. The van der Waals surface area contributed by atoms with E-state index in [1.807, 2.05) is 0 Å². The summed E-state index contributed by atoms with van der Waals surface area (Å²) in [6.45, 7) is 3.80. The number of ether oxygens (including phenoxy) is 1. The van der Waals surface area contributed by atoms with Gasteiger partial charge in [-0.1, -0.05) is 0 Å². The maximum atomic E-state index is 12.3. The summed E-state index contributed by atoms with van der Waals surface area (Å²) in [5.41, 5.74) is 0. The molecule has 1 aromatic rings. The normalized spacial score (nSPS) is 16.6. The van der Waals surface area contributed by atoms with Crippen molar-refractivity contribution >= 4 is 20.0 Å². The summed E-state index contributed by atoms with van der Waals surface area (Å²) in [5, 5.41) is 0. The van der Waals surface area contributed by atoms with E-state index >= 15 is 0 Å². The molecular formula is C14H23ClN3O5S2-. The van der Waals surface area contributed by atoms with Crippen LogP contribution in [0.2, 0.25) is 0 Å². The molecule has 11 heteroatoms. The van der Waals surface area contributed by atoms with Gasteiger partial charge in [-0.05, 0) is 24.3 Å². The van der Waals surface area contributed by atoms with E-state index < -0.39 is 20.0 Å². The van der Waals surface area contributed by atoms with E-state index in [9.17, 15) is 16.8 Å². The largest absolute Gasteiger partial charge is 1.00 e. The second-order valence-corrected chi connectivity index (χ2v) is 9.53. The fourth-order valence-electron chi connectivity index (χ4n) is 2.25. The topological polar surface area (TPSA) is 96.0 Å². The maximum Gasteiger partial charge on any atom is 0.242 e. The Kier molecular flexibility index (Phi) is 8.26. The second kappa shape index (κ2) is 9.26. The zero-order valence-corrected chi connectivity index (χ0v) is 16.6. The Morgan fingerprint density at radius 2 is 1.56 bits per heavy atom. The SMILES string of the molecule is CN(C)S(=O)(=O)c1ccc(S(=O)(=O)NCCN2CCOCC2)cc1.[Cl-]. The van der Waals surface area contributed by atoms with E-state index in [2.05, 4.69) is 9.62 Å². The molecule has 1 N–H and O–H groups in total. The van der Waals surface area contributed by atoms with Gasteiger partial charge in [0, 0.05) is 40.3 Å². The van der Waals surface area contributed by atoms with Crippen LogP contribution in [-0.2, 0) is 24.8 Å². The number of rotatable bonds is 7. The van der Waals surface area contributed by atoms with E-state index in [1.165, 1.54) is 38.4 Å². The number of halogens is 1. The highest BCUT2D eigenvalue weighted by Crippen LogP contribution is 2.16. The van der Waals surface area contributed by atoms with Gasteiger partial charge in [0.25, 0.3) is 0 Å². The summed E-state index contributed by atoms with van der Waals surface area (Å²) < 4.78 is 57.3. The lowest BCUT2D eigenvalue weighted by Crippen LogP contribution is -3.00. The van der Waals surface area contributed by atoms with Crippen LogP contribution in [0.5, 0.6) is 0 Å². The van der Waals surface area contributed by atoms with Crippen LogP contribution in [-0.4, -0.2) is 79.5 Å². The Morgan fingerprint density at radius 3 is 2.08 bits per heavy atom. The summed E-state index contributed by atoms with van der Waals surface area (Å²) >= 11 is 0. The lowest BCUT2D eigenvalue weighted by atomic mass is 10.4. The predicted octanol–water partition coefficient (Wildman–Crippen LogP) is -3.45. The van der Waals surface area contributed by atoms with Gasteiger partial charge >= 0.3 is 0 Å². The van der Waals surface area contributed by atoms with E-state index in [-0.39, 0.29) is 22.2 Å². The fraction of sp³-hybridized carbons (Fsp3) is 0.571. The highest BCUT2D eigenvalue weighted by atomic mass is 35.5. The Hall–Kier alpha value is -0.750. The third kappa shape index (κ3) is 5.88. The lowest BCUT2D eigenvalue weighted by molar-refractivity contribution is -0.0000117. The van der Waals surface area contributed by atoms with Crippen molar-refractivity contribution in [2.24, 2.45) is 0 Å². The molecule has 0 aliphatic carbocycles. The van der Waals surface area contributed by atoms with Gasteiger partial charge in [0.1, 0.15) is 0 Å². The fourth-order valence-corrected chi connectivity index (χ4v) is 4.17. The van der Waals surface area contributed by atoms with Crippen LogP contribution in [0.3, 0.4) is 0 Å². The molecule has 1 aliphatic heterocycles. The van der Waals surface area contributed by atoms with E-state index in [4.69, 9.17) is 4.74 Å². The van der Waals surface area contributed by atoms with Crippen molar-refractivity contribution in [3.8, 4) is 0 Å². The standard InChI is InChI=1S/C14H23N3O5S2.ClH/c1-16(2)24(20,21)14-5-3-13(4-6-14)23(18,19)15-7-8-17-9-11-22-12-10-17;/h3-6,15H,7-12H2,1-2H3;1H/p-1. The van der Waals surface area contributed by atoms with Crippen LogP contribution in [0.15, 0.2) is 34.1 Å². The van der Waals surface area contributed by atoms with Gasteiger partial charge in [-0.2, -0.15) is 0 Å². The van der Waals surface area contributed by atoms with Gasteiger partial charge in [0.2, 0.25) is 20.0 Å². The number of hydrogen-bond acceptors (Lipinski definition) is 6. The van der Waals surface area contributed by atoms with Crippen molar-refractivity contribution in [2.75, 3.05) is 53.5 Å². The molecule has 25 heavy (non-hydrogen) atoms. The number of nitrogens with zero attached hydrogens (tertiary/aromatic N) is 2. The molecule has 144 valence electrons. The smallest absolute Gasteiger partial charge is 0.242 e. The van der Waals surface area contributed by atoms with Gasteiger partial charge in [-0.3, -0.25) is 4.90 Å². The molecule has 2 rings (SSSR count). The van der Waals surface area contributed by atoms with Gasteiger partial charge < -0.3 is 17.1 Å². The van der Waals surface area contributed by atoms with Gasteiger partial charge in [-0.25, -0.2) is 25.9 Å². The maximum absolute atomic E-state index is 12.3. The minimum absolute atomic E-state index is 0. The summed E-state index contributed by atoms with van der Waals surface area (Å²) in [6, 6.07) is 5.19. The minimum Gasteiger partial charge on any atom is -1.00 e. The van der Waals surface area contributed by atoms with E-state index in [0.29, 0.717) is 26.3 Å². The molecular weight excluding hydrogens is 390 g/mol. The van der Waals surface area contributed by atoms with Crippen molar-refractivity contribution in [3.05, 3.63) is 24.3 Å². The van der Waals surface area contributed by atoms with Gasteiger partial charge in [0.15, 0.2) is 0 Å². The van der Waals surface area contributed by atoms with Crippen LogP contribution >= 0.6 is 0 Å². The highest BCUT2D eigenvalue weighted by molar-refractivity contribution is 7.89. The summed E-state index contributed by atoms with van der Waals surface area (Å²) in [4.78, 5) is 2.22. The zero-order valence-electron chi connectivity index (χ0n) is 14.2. The van der Waals surface area contributed by atoms with Gasteiger partial charge in [-0.15, -0.1) is 0 Å². The first kappa shape index (κ1) is 22.3. The van der Waals surface area contributed by atoms with Crippen molar-refractivity contribution < 1.29 is 34.0 Å². The third-order valence-electron chi connectivity index (χ3n) is 3.74. The van der Waals surface area contributed by atoms with E-state index in [1.54, 1.807) is 0 Å². The molecule has 1 aromatic carbocycles. The Labute approximate surface area is 155 Å². The molecule has 1 fully saturated rings. The molecule has 1 saturated heterocycles. The number of morpholine rings is 1. The molecule has 0 bridgehead atoms. The molecule has 1 aliphatic rings. The van der Waals surface area contributed by atoms with Crippen molar-refractivity contribution in [3.63, 3.8) is 0 Å². The number of benzene rings is 1. The number of hydrogen-bond donors (Lipinski definition) is 1. The Balaban J connectivity index is 0.00000312. The quantitative estimate of drug-likeness (QED) is 0.500. The molecule has 1 heterocycles. The lowest BCUT2D eigenvalue weighted by Gasteiger charge is -2.26. The van der Waals surface area contributed by atoms with Gasteiger partial charge in [0.05, 0.1) is 23.0 Å². The van der Waals surface area contributed by atoms with Crippen LogP contribution in [0, 0.1) is 0 Å². The highest BCUT2D eigenvalue weighted by Gasteiger charge is 2.20. The van der Waals surface area contributed by atoms with Crippen LogP contribution in [0.25, 0.3) is 0 Å². The monoisotopic (exact) mass is 412 g/mol. The first-order valence-corrected chi connectivity index (χ1v) is 10.5. The number of nitrogens with one attached hydrogen (secondary N) is 1. The molecule has 0 atom stereocenters. The van der Waals surface area contributed by atoms with Crippen molar-refractivity contribution in [2.45, 2.75) is 9.79 Å². The average Bonchev–Trinajstić information content (AvgIpc) is 2.55. The predicted molar refractivity (Wildman–Crippen MR) is 89.8 cm³/mol. The third-order valence-corrected chi connectivity index (χ3v) is 7.04. The van der Waals surface area contributed by atoms with Crippen LogP contribution in [0.4, 0.5) is 0 Å². The second-order valence-electron chi connectivity index (χ2n) is 5.61. The molecule has 0 aromatic heterocycles. The first-order valence-electron chi connectivity index (χ1n) is 7.56. The van der Waals surface area contributed by atoms with Crippen molar-refractivity contribution in [1.82, 2.24) is 13.9 Å². The molecule has 8 nitrogen and oxygen atoms in total. The molecule has 0 spiro atoms. The molecule has 0 unspecified atom stereocenters. The molecule has 0 saturated carbocycles. The summed E-state index contributed by atoms with van der Waals surface area (Å²) in [6.07, 6.45) is 0. The first-order chi connectivity index (χ1) is 11.2. The number of sulfonamides is 2. The van der Waals surface area contributed by atoms with Crippen LogP contribution in [0.1, 0.15) is 0 Å². The summed E-state index contributed by atoms with van der Waals surface area (Å²) in [5.74, 6) is 0. The molecule has 0 amide bonds. The Bertz CT molecular complexity index is 745.